The van der Waals surface area contributed by atoms with Crippen LogP contribution in [0.5, 0.6) is 0 Å². The van der Waals surface area contributed by atoms with Crippen molar-refractivity contribution in [1.82, 2.24) is 4.90 Å². The number of nitrogens with zero attached hydrogens (tertiary/aromatic N) is 1. The van der Waals surface area contributed by atoms with Gasteiger partial charge in [-0.3, -0.25) is 4.90 Å². The first-order valence-electron chi connectivity index (χ1n) is 7.18. The van der Waals surface area contributed by atoms with Gasteiger partial charge in [0, 0.05) is 24.2 Å². The molecule has 2 atom stereocenters. The second kappa shape index (κ2) is 3.99. The molecule has 92 valence electrons. The molecule has 0 amide bonds. The van der Waals surface area contributed by atoms with E-state index in [9.17, 15) is 0 Å². The summed E-state index contributed by atoms with van der Waals surface area (Å²) in [5, 5.41) is 0. The van der Waals surface area contributed by atoms with Gasteiger partial charge in [0.25, 0.3) is 0 Å². The van der Waals surface area contributed by atoms with Crippen molar-refractivity contribution in [2.45, 2.75) is 76.5 Å². The van der Waals surface area contributed by atoms with Gasteiger partial charge >= 0.3 is 0 Å². The van der Waals surface area contributed by atoms with E-state index in [1.807, 2.05) is 0 Å². The van der Waals surface area contributed by atoms with Crippen LogP contribution in [0.1, 0.15) is 52.4 Å². The summed E-state index contributed by atoms with van der Waals surface area (Å²) in [6.07, 6.45) is 8.28. The fourth-order valence-electron chi connectivity index (χ4n) is 4.27. The SMILES string of the molecule is CC(C)C1CC(N2C3CCC2CC(N)C3)C1. The van der Waals surface area contributed by atoms with Gasteiger partial charge in [-0.15, -0.1) is 0 Å². The van der Waals surface area contributed by atoms with Gasteiger partial charge in [-0.05, 0) is 50.4 Å². The summed E-state index contributed by atoms with van der Waals surface area (Å²) in [4.78, 5) is 2.86. The molecule has 2 aliphatic heterocycles. The molecule has 2 N–H and O–H groups in total. The van der Waals surface area contributed by atoms with Gasteiger partial charge < -0.3 is 5.73 Å². The highest BCUT2D eigenvalue weighted by Gasteiger charge is 2.46. The predicted molar refractivity (Wildman–Crippen MR) is 67.2 cm³/mol. The molecule has 0 aromatic heterocycles. The lowest BCUT2D eigenvalue weighted by molar-refractivity contribution is -0.00342. The molecular formula is C14H26N2. The molecule has 2 bridgehead atoms. The number of rotatable bonds is 2. The molecule has 3 aliphatic rings. The third-order valence-electron chi connectivity index (χ3n) is 5.34. The van der Waals surface area contributed by atoms with E-state index < -0.39 is 0 Å². The minimum absolute atomic E-state index is 0.495. The lowest BCUT2D eigenvalue weighted by Crippen LogP contribution is -2.56. The predicted octanol–water partition coefficient (Wildman–Crippen LogP) is 2.38. The Hall–Kier alpha value is -0.0800. The van der Waals surface area contributed by atoms with Crippen molar-refractivity contribution in [3.63, 3.8) is 0 Å². The van der Waals surface area contributed by atoms with Gasteiger partial charge in [0.1, 0.15) is 0 Å². The van der Waals surface area contributed by atoms with E-state index in [1.54, 1.807) is 0 Å². The molecule has 16 heavy (non-hydrogen) atoms. The highest BCUT2D eigenvalue weighted by Crippen LogP contribution is 2.45. The highest BCUT2D eigenvalue weighted by atomic mass is 15.3. The van der Waals surface area contributed by atoms with Crippen molar-refractivity contribution in [3.05, 3.63) is 0 Å². The van der Waals surface area contributed by atoms with Gasteiger partial charge in [-0.25, -0.2) is 0 Å². The molecule has 0 aromatic carbocycles. The van der Waals surface area contributed by atoms with Crippen LogP contribution in [0, 0.1) is 11.8 Å². The van der Waals surface area contributed by atoms with Gasteiger partial charge in [0.05, 0.1) is 0 Å². The largest absolute Gasteiger partial charge is 0.328 e. The Morgan fingerprint density at radius 1 is 0.938 bits per heavy atom. The third kappa shape index (κ3) is 1.70. The van der Waals surface area contributed by atoms with Crippen molar-refractivity contribution >= 4 is 0 Å². The number of nitrogens with two attached hydrogens (primary N) is 1. The van der Waals surface area contributed by atoms with Crippen LogP contribution in [0.25, 0.3) is 0 Å². The van der Waals surface area contributed by atoms with Gasteiger partial charge in [-0.1, -0.05) is 13.8 Å². The summed E-state index contributed by atoms with van der Waals surface area (Å²) in [6.45, 7) is 4.75. The molecule has 2 saturated heterocycles. The molecule has 1 aliphatic carbocycles. The van der Waals surface area contributed by atoms with Gasteiger partial charge in [0.2, 0.25) is 0 Å². The first-order chi connectivity index (χ1) is 7.65. The van der Waals surface area contributed by atoms with E-state index in [-0.39, 0.29) is 0 Å². The van der Waals surface area contributed by atoms with E-state index in [0.717, 1.165) is 30.0 Å². The maximum atomic E-state index is 6.13. The first-order valence-corrected chi connectivity index (χ1v) is 7.18. The normalized spacial score (nSPS) is 48.4. The van der Waals surface area contributed by atoms with Gasteiger partial charge in [0.15, 0.2) is 0 Å². The van der Waals surface area contributed by atoms with Crippen LogP contribution in [-0.4, -0.2) is 29.1 Å². The molecule has 0 spiro atoms. The Bertz CT molecular complexity index is 243. The summed E-state index contributed by atoms with van der Waals surface area (Å²) < 4.78 is 0. The maximum absolute atomic E-state index is 6.13. The number of piperidine rings is 1. The van der Waals surface area contributed by atoms with E-state index in [4.69, 9.17) is 5.73 Å². The van der Waals surface area contributed by atoms with Crippen molar-refractivity contribution in [2.75, 3.05) is 0 Å². The van der Waals surface area contributed by atoms with Gasteiger partial charge in [-0.2, -0.15) is 0 Å². The molecule has 3 fully saturated rings. The Labute approximate surface area is 99.6 Å². The van der Waals surface area contributed by atoms with Crippen LogP contribution < -0.4 is 5.73 Å². The Balaban J connectivity index is 1.61. The van der Waals surface area contributed by atoms with E-state index in [2.05, 4.69) is 18.7 Å². The van der Waals surface area contributed by atoms with Crippen LogP contribution in [-0.2, 0) is 0 Å². The zero-order valence-corrected chi connectivity index (χ0v) is 10.7. The maximum Gasteiger partial charge on any atom is 0.0116 e. The minimum atomic E-state index is 0.495. The average Bonchev–Trinajstić information content (AvgIpc) is 2.41. The molecule has 0 aromatic rings. The van der Waals surface area contributed by atoms with E-state index in [1.165, 1.54) is 38.5 Å². The fourth-order valence-corrected chi connectivity index (χ4v) is 4.27. The Morgan fingerprint density at radius 2 is 1.50 bits per heavy atom. The highest BCUT2D eigenvalue weighted by molar-refractivity contribution is 5.02. The van der Waals surface area contributed by atoms with Crippen LogP contribution in [0.3, 0.4) is 0 Å². The minimum Gasteiger partial charge on any atom is -0.328 e. The molecule has 2 unspecified atom stereocenters. The van der Waals surface area contributed by atoms with Crippen molar-refractivity contribution < 1.29 is 0 Å². The topological polar surface area (TPSA) is 29.3 Å². The van der Waals surface area contributed by atoms with Crippen LogP contribution in [0.15, 0.2) is 0 Å². The Kier molecular flexibility index (Phi) is 2.75. The number of fused-ring (bicyclic) bond motifs is 2. The molecule has 2 heterocycles. The quantitative estimate of drug-likeness (QED) is 0.777. The molecule has 1 saturated carbocycles. The van der Waals surface area contributed by atoms with Crippen molar-refractivity contribution in [2.24, 2.45) is 17.6 Å². The van der Waals surface area contributed by atoms with E-state index >= 15 is 0 Å². The van der Waals surface area contributed by atoms with Crippen molar-refractivity contribution in [1.29, 1.82) is 0 Å². The second-order valence-electron chi connectivity index (χ2n) is 6.69. The summed E-state index contributed by atoms with van der Waals surface area (Å²) in [5.74, 6) is 1.89. The summed E-state index contributed by atoms with van der Waals surface area (Å²) >= 11 is 0. The zero-order valence-electron chi connectivity index (χ0n) is 10.7. The summed E-state index contributed by atoms with van der Waals surface area (Å²) in [7, 11) is 0. The zero-order chi connectivity index (χ0) is 11.3. The fraction of sp³-hybridized carbons (Fsp3) is 1.00. The molecular weight excluding hydrogens is 196 g/mol. The van der Waals surface area contributed by atoms with Crippen molar-refractivity contribution in [3.8, 4) is 0 Å². The average molecular weight is 222 g/mol. The third-order valence-corrected chi connectivity index (χ3v) is 5.34. The standard InChI is InChI=1S/C14H26N2/c1-9(2)10-5-14(6-10)16-12-3-4-13(16)8-11(15)7-12/h9-14H,3-8,15H2,1-2H3. The summed E-state index contributed by atoms with van der Waals surface area (Å²) in [6, 6.07) is 3.09. The molecule has 2 nitrogen and oxygen atoms in total. The Morgan fingerprint density at radius 3 is 2.00 bits per heavy atom. The van der Waals surface area contributed by atoms with Crippen LogP contribution >= 0.6 is 0 Å². The second-order valence-corrected chi connectivity index (χ2v) is 6.69. The lowest BCUT2D eigenvalue weighted by atomic mass is 9.72. The smallest absolute Gasteiger partial charge is 0.0116 e. The lowest BCUT2D eigenvalue weighted by Gasteiger charge is -2.50. The van der Waals surface area contributed by atoms with Crippen LogP contribution in [0.4, 0.5) is 0 Å². The molecule has 3 rings (SSSR count). The molecule has 2 heteroatoms. The summed E-state index contributed by atoms with van der Waals surface area (Å²) in [5.41, 5.74) is 6.13. The monoisotopic (exact) mass is 222 g/mol. The number of hydrogen-bond donors (Lipinski definition) is 1. The van der Waals surface area contributed by atoms with E-state index in [0.29, 0.717) is 6.04 Å². The van der Waals surface area contributed by atoms with Crippen LogP contribution in [0.2, 0.25) is 0 Å². The number of hydrogen-bond acceptors (Lipinski definition) is 2. The molecule has 0 radical (unpaired) electrons. The first kappa shape index (κ1) is 11.0.